The molecule has 0 spiro atoms. The van der Waals surface area contributed by atoms with Gasteiger partial charge >= 0.3 is 35.5 Å². The third kappa shape index (κ3) is 4.84. The van der Waals surface area contributed by atoms with E-state index < -0.39 is 39.6 Å². The third-order valence-corrected chi connectivity index (χ3v) is 3.24. The minimum absolute atomic E-state index is 0. The summed E-state index contributed by atoms with van der Waals surface area (Å²) in [6.07, 6.45) is -0.828. The predicted octanol–water partition coefficient (Wildman–Crippen LogP) is -3.83. The summed E-state index contributed by atoms with van der Waals surface area (Å²) in [5, 5.41) is -1.94. The molecule has 1 saturated heterocycles. The van der Waals surface area contributed by atoms with Crippen LogP contribution in [0.5, 0.6) is 0 Å². The van der Waals surface area contributed by atoms with Gasteiger partial charge in [-0.2, -0.15) is 0 Å². The van der Waals surface area contributed by atoms with Gasteiger partial charge < -0.3 is 9.39 Å². The second-order valence-electron chi connectivity index (χ2n) is 4.27. The van der Waals surface area contributed by atoms with E-state index >= 15 is 0 Å². The molecule has 1 unspecified atom stereocenters. The topological polar surface area (TPSA) is 121 Å². The van der Waals surface area contributed by atoms with Gasteiger partial charge in [0.05, 0.1) is 12.8 Å². The molecule has 0 radical (unpaired) electrons. The van der Waals surface area contributed by atoms with E-state index in [9.17, 15) is 27.4 Å². The quantitative estimate of drug-likeness (QED) is 0.296. The zero-order valence-corrected chi connectivity index (χ0v) is 13.6. The Morgan fingerprint density at radius 2 is 2.00 bits per heavy atom. The average molecular weight is 301 g/mol. The van der Waals surface area contributed by atoms with Crippen LogP contribution in [0.3, 0.4) is 0 Å². The molecule has 2 amide bonds. The Morgan fingerprint density at radius 3 is 2.37 bits per heavy atom. The van der Waals surface area contributed by atoms with E-state index in [0.717, 1.165) is 0 Å². The summed E-state index contributed by atoms with van der Waals surface area (Å²) >= 11 is 0. The van der Waals surface area contributed by atoms with E-state index in [0.29, 0.717) is 0 Å². The molecule has 19 heavy (non-hydrogen) atoms. The first-order valence-corrected chi connectivity index (χ1v) is 6.62. The summed E-state index contributed by atoms with van der Waals surface area (Å²) in [4.78, 5) is 38.4. The third-order valence-electron chi connectivity index (χ3n) is 2.18. The van der Waals surface area contributed by atoms with Gasteiger partial charge in [0.2, 0.25) is 0 Å². The summed E-state index contributed by atoms with van der Waals surface area (Å²) in [6.45, 7) is 3.44. The fourth-order valence-electron chi connectivity index (χ4n) is 1.38. The molecule has 0 bridgehead atoms. The second-order valence-corrected chi connectivity index (χ2v) is 5.83. The van der Waals surface area contributed by atoms with Crippen molar-refractivity contribution in [2.75, 3.05) is 0 Å². The number of nitrogens with zero attached hydrogens (tertiary/aromatic N) is 1. The molecule has 8 nitrogen and oxygen atoms in total. The normalized spacial score (nSPS) is 19.6. The van der Waals surface area contributed by atoms with Crippen LogP contribution in [0.25, 0.3) is 0 Å². The van der Waals surface area contributed by atoms with Gasteiger partial charge in [-0.25, -0.2) is 13.2 Å². The van der Waals surface area contributed by atoms with Crippen LogP contribution in [-0.2, 0) is 29.3 Å². The van der Waals surface area contributed by atoms with Crippen molar-refractivity contribution >= 4 is 27.9 Å². The van der Waals surface area contributed by atoms with Crippen LogP contribution in [-0.4, -0.2) is 41.1 Å². The largest absolute Gasteiger partial charge is 1.00 e. The zero-order chi connectivity index (χ0) is 14.1. The Bertz CT molecular complexity index is 487. The number of hydrogen-bond acceptors (Lipinski definition) is 7. The molecule has 1 aliphatic heterocycles. The van der Waals surface area contributed by atoms with E-state index in [1.54, 1.807) is 13.8 Å². The summed E-state index contributed by atoms with van der Waals surface area (Å²) < 4.78 is 32.1. The molecule has 10 heteroatoms. The first kappa shape index (κ1) is 18.5. The summed E-state index contributed by atoms with van der Waals surface area (Å²) in [5.74, 6) is -3.21. The predicted molar refractivity (Wildman–Crippen MR) is 55.5 cm³/mol. The number of carbonyl (C=O) groups is 3. The summed E-state index contributed by atoms with van der Waals surface area (Å²) in [5.41, 5.74) is 0. The molecular weight excluding hydrogens is 289 g/mol. The molecule has 0 N–H and O–H groups in total. The van der Waals surface area contributed by atoms with Crippen molar-refractivity contribution in [3.05, 3.63) is 0 Å². The first-order valence-electron chi connectivity index (χ1n) is 5.15. The van der Waals surface area contributed by atoms with Crippen molar-refractivity contribution in [3.8, 4) is 0 Å². The van der Waals surface area contributed by atoms with Gasteiger partial charge in [0.25, 0.3) is 11.8 Å². The zero-order valence-electron chi connectivity index (χ0n) is 10.8. The summed E-state index contributed by atoms with van der Waals surface area (Å²) in [7, 11) is -4.93. The van der Waals surface area contributed by atoms with Crippen LogP contribution >= 0.6 is 0 Å². The van der Waals surface area contributed by atoms with Crippen LogP contribution in [0.4, 0.5) is 0 Å². The van der Waals surface area contributed by atoms with Gasteiger partial charge in [0, 0.05) is 0 Å². The number of rotatable bonds is 4. The number of carbonyl (C=O) groups excluding carboxylic acids is 3. The molecule has 0 aliphatic carbocycles. The fraction of sp³-hybridized carbons (Fsp3) is 0.667. The van der Waals surface area contributed by atoms with Gasteiger partial charge in [-0.05, 0) is 5.92 Å². The minimum atomic E-state index is -4.93. The van der Waals surface area contributed by atoms with Crippen molar-refractivity contribution in [1.82, 2.24) is 5.06 Å². The van der Waals surface area contributed by atoms with Crippen molar-refractivity contribution in [1.29, 1.82) is 0 Å². The Balaban J connectivity index is 0.00000324. The maximum Gasteiger partial charge on any atom is 1.00 e. The van der Waals surface area contributed by atoms with Crippen LogP contribution in [0, 0.1) is 5.92 Å². The van der Waals surface area contributed by atoms with Crippen LogP contribution in [0.1, 0.15) is 26.7 Å². The van der Waals surface area contributed by atoms with E-state index in [1.165, 1.54) is 0 Å². The minimum Gasteiger partial charge on any atom is -0.747 e. The molecule has 0 aromatic carbocycles. The Kier molecular flexibility index (Phi) is 6.63. The Hall–Kier alpha value is -0.480. The van der Waals surface area contributed by atoms with Gasteiger partial charge in [-0.15, -0.1) is 5.06 Å². The van der Waals surface area contributed by atoms with E-state index in [2.05, 4.69) is 4.84 Å². The molecule has 1 aliphatic rings. The van der Waals surface area contributed by atoms with Crippen LogP contribution < -0.4 is 29.6 Å². The molecule has 0 saturated carbocycles. The SMILES string of the molecule is CC(C)CC(=O)ON1C(=O)CC(S(=O)(=O)[O-])C1=O.[Na+]. The summed E-state index contributed by atoms with van der Waals surface area (Å²) in [6, 6.07) is 0. The number of hydroxylamine groups is 2. The van der Waals surface area contributed by atoms with Crippen molar-refractivity contribution in [2.24, 2.45) is 5.92 Å². The van der Waals surface area contributed by atoms with Crippen molar-refractivity contribution in [2.45, 2.75) is 31.9 Å². The molecule has 1 rings (SSSR count). The fourth-order valence-corrected chi connectivity index (χ4v) is 2.07. The first-order chi connectivity index (χ1) is 8.12. The maximum absolute atomic E-state index is 11.4. The number of amides is 2. The van der Waals surface area contributed by atoms with Gasteiger partial charge in [-0.3, -0.25) is 9.59 Å². The van der Waals surface area contributed by atoms with Gasteiger partial charge in [0.1, 0.15) is 15.4 Å². The smallest absolute Gasteiger partial charge is 0.747 e. The Labute approximate surface area is 132 Å². The number of hydrogen-bond donors (Lipinski definition) is 0. The van der Waals surface area contributed by atoms with Crippen LogP contribution in [0.2, 0.25) is 0 Å². The average Bonchev–Trinajstić information content (AvgIpc) is 2.43. The van der Waals surface area contributed by atoms with Crippen LogP contribution in [0.15, 0.2) is 0 Å². The van der Waals surface area contributed by atoms with E-state index in [1.807, 2.05) is 0 Å². The standard InChI is InChI=1S/C9H13NO7S.Na/c1-5(2)3-8(12)17-10-7(11)4-6(9(10)13)18(14,15)16;/h5-6H,3-4H2,1-2H3,(H,14,15,16);/q;+1/p-1. The molecular formula is C9H12NNaO7S. The number of imide groups is 1. The Morgan fingerprint density at radius 1 is 1.47 bits per heavy atom. The molecule has 1 heterocycles. The monoisotopic (exact) mass is 301 g/mol. The van der Waals surface area contributed by atoms with Crippen molar-refractivity contribution < 1.29 is 61.7 Å². The maximum atomic E-state index is 11.4. The molecule has 0 aromatic rings. The molecule has 1 fully saturated rings. The molecule has 102 valence electrons. The molecule has 0 aromatic heterocycles. The van der Waals surface area contributed by atoms with E-state index in [4.69, 9.17) is 0 Å². The van der Waals surface area contributed by atoms with E-state index in [-0.39, 0.29) is 47.0 Å². The van der Waals surface area contributed by atoms with Gasteiger partial charge in [-0.1, -0.05) is 13.8 Å². The molecule has 1 atom stereocenters. The van der Waals surface area contributed by atoms with Crippen molar-refractivity contribution in [3.63, 3.8) is 0 Å². The second kappa shape index (κ2) is 6.80. The van der Waals surface area contributed by atoms with Gasteiger partial charge in [0.15, 0.2) is 0 Å².